The van der Waals surface area contributed by atoms with Crippen molar-refractivity contribution in [3.05, 3.63) is 66.1 Å². The Labute approximate surface area is 236 Å². The molecule has 2 aliphatic carbocycles. The third-order valence-electron chi connectivity index (χ3n) is 9.32. The lowest BCUT2D eigenvalue weighted by atomic mass is 9.41. The van der Waals surface area contributed by atoms with E-state index in [1.54, 1.807) is 24.0 Å². The summed E-state index contributed by atoms with van der Waals surface area (Å²) in [7, 11) is 0. The lowest BCUT2D eigenvalue weighted by Crippen LogP contribution is -2.66. The van der Waals surface area contributed by atoms with E-state index in [1.165, 1.54) is 0 Å². The number of carbonyl (C=O) groups is 3. The maximum absolute atomic E-state index is 14.2. The molecule has 2 aromatic carbocycles. The smallest absolute Gasteiger partial charge is 0.249 e. The molecule has 0 radical (unpaired) electrons. The molecule has 3 fully saturated rings. The summed E-state index contributed by atoms with van der Waals surface area (Å²) < 4.78 is 34.2. The van der Waals surface area contributed by atoms with Crippen LogP contribution in [0.5, 0.6) is 0 Å². The van der Waals surface area contributed by atoms with Gasteiger partial charge in [-0.05, 0) is 55.2 Å². The number of oxazole rings is 1. The zero-order valence-electron chi connectivity index (χ0n) is 22.9. The highest BCUT2D eigenvalue weighted by molar-refractivity contribution is 5.88. The Morgan fingerprint density at radius 3 is 2.51 bits per heavy atom. The number of alkyl halides is 2. The summed E-state index contributed by atoms with van der Waals surface area (Å²) in [6.07, 6.45) is 0.799. The standard InChI is InChI=1S/C31H34F2N4O4/c1-18(29-36-22-10-5-6-12-24(22)41-29)35-28(40)20(26-21(27(34)39)15-30(26)16-31(32,33)17-30)14-25(38)37-13-7-11-23(37)19-8-3-2-4-9-19/h2-6,8-10,12,18,20-21,23,26H,7,11,13-17H2,1H3,(H2,34,39)(H,35,40)/t18-,20-,21?,23+,26?/m0/s1. The average molecular weight is 565 g/mol. The maximum atomic E-state index is 14.2. The summed E-state index contributed by atoms with van der Waals surface area (Å²) in [5.41, 5.74) is 7.03. The van der Waals surface area contributed by atoms with Crippen molar-refractivity contribution in [2.75, 3.05) is 6.54 Å². The minimum atomic E-state index is -2.86. The Balaban J connectivity index is 1.28. The first-order valence-corrected chi connectivity index (χ1v) is 14.2. The van der Waals surface area contributed by atoms with E-state index in [4.69, 9.17) is 10.2 Å². The summed E-state index contributed by atoms with van der Waals surface area (Å²) >= 11 is 0. The van der Waals surface area contributed by atoms with Gasteiger partial charge in [0.15, 0.2) is 5.58 Å². The number of nitrogens with zero attached hydrogens (tertiary/aromatic N) is 2. The molecule has 1 spiro atoms. The molecular formula is C31H34F2N4O4. The van der Waals surface area contributed by atoms with Gasteiger partial charge in [-0.2, -0.15) is 0 Å². The van der Waals surface area contributed by atoms with Crippen molar-refractivity contribution in [3.63, 3.8) is 0 Å². The fraction of sp³-hybridized carbons (Fsp3) is 0.484. The van der Waals surface area contributed by atoms with Crippen LogP contribution in [0.4, 0.5) is 8.78 Å². The van der Waals surface area contributed by atoms with Crippen molar-refractivity contribution in [1.82, 2.24) is 15.2 Å². The number of hydrogen-bond donors (Lipinski definition) is 2. The predicted octanol–water partition coefficient (Wildman–Crippen LogP) is 4.91. The number of nitrogens with two attached hydrogens (primary N) is 1. The number of amides is 3. The number of hydrogen-bond acceptors (Lipinski definition) is 5. The molecule has 3 aliphatic rings. The van der Waals surface area contributed by atoms with Crippen LogP contribution in [0.2, 0.25) is 0 Å². The number of rotatable bonds is 8. The number of aromatic nitrogens is 1. The molecule has 3 amide bonds. The maximum Gasteiger partial charge on any atom is 0.249 e. The lowest BCUT2D eigenvalue weighted by Gasteiger charge is -2.63. The van der Waals surface area contributed by atoms with Crippen LogP contribution < -0.4 is 11.1 Å². The van der Waals surface area contributed by atoms with Crippen LogP contribution in [-0.4, -0.2) is 40.1 Å². The number of carbonyl (C=O) groups excluding carboxylic acids is 3. The summed E-state index contributed by atoms with van der Waals surface area (Å²) in [5, 5.41) is 2.91. The molecule has 5 atom stereocenters. The summed E-state index contributed by atoms with van der Waals surface area (Å²) in [4.78, 5) is 46.4. The van der Waals surface area contributed by atoms with Crippen molar-refractivity contribution in [1.29, 1.82) is 0 Å². The molecule has 216 valence electrons. The van der Waals surface area contributed by atoms with E-state index in [1.807, 2.05) is 42.5 Å². The highest BCUT2D eigenvalue weighted by Gasteiger charge is 2.70. The monoisotopic (exact) mass is 564 g/mol. The molecule has 1 aromatic heterocycles. The minimum Gasteiger partial charge on any atom is -0.438 e. The molecule has 10 heteroatoms. The molecular weight excluding hydrogens is 530 g/mol. The van der Waals surface area contributed by atoms with Crippen LogP contribution in [0.1, 0.15) is 69.0 Å². The molecule has 1 saturated heterocycles. The van der Waals surface area contributed by atoms with E-state index in [0.29, 0.717) is 23.5 Å². The first-order valence-electron chi connectivity index (χ1n) is 14.2. The van der Waals surface area contributed by atoms with Crippen molar-refractivity contribution in [2.24, 2.45) is 28.9 Å². The second-order valence-electron chi connectivity index (χ2n) is 12.0. The van der Waals surface area contributed by atoms with Gasteiger partial charge in [-0.1, -0.05) is 42.5 Å². The second-order valence-corrected chi connectivity index (χ2v) is 12.0. The summed E-state index contributed by atoms with van der Waals surface area (Å²) in [6, 6.07) is 16.1. The number of fused-ring (bicyclic) bond motifs is 1. The zero-order chi connectivity index (χ0) is 28.9. The third-order valence-corrected chi connectivity index (χ3v) is 9.32. The normalized spacial score (nSPS) is 25.7. The van der Waals surface area contributed by atoms with Crippen LogP contribution in [0.15, 0.2) is 59.0 Å². The molecule has 2 heterocycles. The molecule has 2 unspecified atom stereocenters. The van der Waals surface area contributed by atoms with Crippen molar-refractivity contribution in [2.45, 2.75) is 63.5 Å². The van der Waals surface area contributed by atoms with Gasteiger partial charge in [0, 0.05) is 31.7 Å². The third kappa shape index (κ3) is 4.97. The number of benzene rings is 2. The number of primary amides is 1. The van der Waals surface area contributed by atoms with Gasteiger partial charge in [0.05, 0.1) is 12.0 Å². The zero-order valence-corrected chi connectivity index (χ0v) is 22.9. The molecule has 41 heavy (non-hydrogen) atoms. The minimum absolute atomic E-state index is 0.124. The Kier molecular flexibility index (Phi) is 6.82. The van der Waals surface area contributed by atoms with Crippen LogP contribution >= 0.6 is 0 Å². The van der Waals surface area contributed by atoms with Crippen molar-refractivity contribution < 1.29 is 27.6 Å². The van der Waals surface area contributed by atoms with Gasteiger partial charge in [-0.25, -0.2) is 13.8 Å². The predicted molar refractivity (Wildman–Crippen MR) is 146 cm³/mol. The Morgan fingerprint density at radius 2 is 1.83 bits per heavy atom. The first kappa shape index (κ1) is 27.4. The topological polar surface area (TPSA) is 119 Å². The van der Waals surface area contributed by atoms with Crippen LogP contribution in [0, 0.1) is 23.2 Å². The van der Waals surface area contributed by atoms with Gasteiger partial charge >= 0.3 is 0 Å². The molecule has 2 saturated carbocycles. The van der Waals surface area contributed by atoms with Gasteiger partial charge in [-0.3, -0.25) is 14.4 Å². The fourth-order valence-corrected chi connectivity index (χ4v) is 7.54. The Morgan fingerprint density at radius 1 is 1.12 bits per heavy atom. The van der Waals surface area contributed by atoms with E-state index in [2.05, 4.69) is 10.3 Å². The Hall–Kier alpha value is -3.82. The van der Waals surface area contributed by atoms with E-state index in [0.717, 1.165) is 18.4 Å². The highest BCUT2D eigenvalue weighted by Crippen LogP contribution is 2.69. The van der Waals surface area contributed by atoms with Crippen molar-refractivity contribution in [3.8, 4) is 0 Å². The van der Waals surface area contributed by atoms with E-state index in [9.17, 15) is 23.2 Å². The summed E-state index contributed by atoms with van der Waals surface area (Å²) in [5.74, 6) is -6.43. The lowest BCUT2D eigenvalue weighted by molar-refractivity contribution is -0.249. The largest absolute Gasteiger partial charge is 0.438 e. The van der Waals surface area contributed by atoms with Crippen LogP contribution in [0.3, 0.4) is 0 Å². The summed E-state index contributed by atoms with van der Waals surface area (Å²) in [6.45, 7) is 2.26. The number of para-hydroxylation sites is 2. The number of likely N-dealkylation sites (tertiary alicyclic amines) is 1. The first-order chi connectivity index (χ1) is 19.6. The average Bonchev–Trinajstić information content (AvgIpc) is 3.58. The molecule has 1 aliphatic heterocycles. The quantitative estimate of drug-likeness (QED) is 0.403. The van der Waals surface area contributed by atoms with E-state index in [-0.39, 0.29) is 24.8 Å². The molecule has 0 bridgehead atoms. The molecule has 6 rings (SSSR count). The van der Waals surface area contributed by atoms with Crippen LogP contribution in [0.25, 0.3) is 11.1 Å². The molecule has 3 N–H and O–H groups in total. The van der Waals surface area contributed by atoms with Crippen LogP contribution in [-0.2, 0) is 14.4 Å². The molecule has 8 nitrogen and oxygen atoms in total. The number of nitrogens with one attached hydrogen (secondary N) is 1. The van der Waals surface area contributed by atoms with Gasteiger partial charge in [0.25, 0.3) is 0 Å². The van der Waals surface area contributed by atoms with Gasteiger partial charge in [-0.15, -0.1) is 0 Å². The highest BCUT2D eigenvalue weighted by atomic mass is 19.3. The van der Waals surface area contributed by atoms with E-state index < -0.39 is 59.8 Å². The number of halogens is 2. The van der Waals surface area contributed by atoms with Gasteiger partial charge < -0.3 is 20.4 Å². The SMILES string of the molecule is C[C@H](NC(=O)[C@@H](CC(=O)N1CCC[C@@H]1c1ccccc1)C1C(C(N)=O)CC12CC(F)(F)C2)c1nc2ccccc2o1. The second kappa shape index (κ2) is 10.2. The molecule has 3 aromatic rings. The Bertz CT molecular complexity index is 1430. The van der Waals surface area contributed by atoms with Gasteiger partial charge in [0.1, 0.15) is 11.6 Å². The van der Waals surface area contributed by atoms with Gasteiger partial charge in [0.2, 0.25) is 29.5 Å². The fourth-order valence-electron chi connectivity index (χ4n) is 7.54. The van der Waals surface area contributed by atoms with Crippen molar-refractivity contribution >= 4 is 28.8 Å². The van der Waals surface area contributed by atoms with E-state index >= 15 is 0 Å².